The molecule has 9 heteroatoms. The van der Waals surface area contributed by atoms with Crippen molar-refractivity contribution in [1.29, 1.82) is 0 Å². The lowest BCUT2D eigenvalue weighted by atomic mass is 10.2. The number of sulfonamides is 1. The van der Waals surface area contributed by atoms with Crippen LogP contribution >= 0.6 is 11.6 Å². The first-order valence-corrected chi connectivity index (χ1v) is 7.64. The average molecular weight is 340 g/mol. The summed E-state index contributed by atoms with van der Waals surface area (Å²) in [5.41, 5.74) is -0.797. The third-order valence-corrected chi connectivity index (χ3v) is 5.11. The van der Waals surface area contributed by atoms with Gasteiger partial charge in [0.2, 0.25) is 10.0 Å². The summed E-state index contributed by atoms with van der Waals surface area (Å²) < 4.78 is 44.6. The van der Waals surface area contributed by atoms with Gasteiger partial charge in [-0.3, -0.25) is 0 Å². The highest BCUT2D eigenvalue weighted by Crippen LogP contribution is 2.26. The monoisotopic (exact) mass is 339 g/mol. The highest BCUT2D eigenvalue weighted by molar-refractivity contribution is 7.89. The van der Waals surface area contributed by atoms with E-state index in [4.69, 9.17) is 21.4 Å². The summed E-state index contributed by atoms with van der Waals surface area (Å²) in [5, 5.41) is 8.70. The number of halogens is 2. The lowest BCUT2D eigenvalue weighted by Crippen LogP contribution is -2.38. The number of hydrogen-bond acceptors (Lipinski definition) is 4. The van der Waals surface area contributed by atoms with Gasteiger partial charge in [0.25, 0.3) is 0 Å². The molecule has 1 N–H and O–H groups in total. The Kier molecular flexibility index (Phi) is 5.68. The molecule has 0 spiro atoms. The van der Waals surface area contributed by atoms with Crippen LogP contribution in [0.1, 0.15) is 17.3 Å². The zero-order valence-electron chi connectivity index (χ0n) is 11.6. The molecule has 1 rings (SSSR count). The van der Waals surface area contributed by atoms with Crippen LogP contribution in [0.3, 0.4) is 0 Å². The maximum absolute atomic E-state index is 14.1. The van der Waals surface area contributed by atoms with Gasteiger partial charge in [0.15, 0.2) is 5.82 Å². The Bertz CT molecular complexity index is 649. The van der Waals surface area contributed by atoms with Crippen LogP contribution in [0.15, 0.2) is 17.0 Å². The quantitative estimate of drug-likeness (QED) is 0.854. The van der Waals surface area contributed by atoms with Crippen LogP contribution in [-0.4, -0.2) is 50.6 Å². The van der Waals surface area contributed by atoms with Crippen LogP contribution < -0.4 is 0 Å². The summed E-state index contributed by atoms with van der Waals surface area (Å²) in [7, 11) is -1.59. The van der Waals surface area contributed by atoms with Gasteiger partial charge in [0, 0.05) is 25.2 Å². The minimum Gasteiger partial charge on any atom is -0.478 e. The number of nitrogens with zero attached hydrogens (tertiary/aromatic N) is 1. The number of rotatable bonds is 6. The number of carboxylic acids is 1. The predicted molar refractivity (Wildman–Crippen MR) is 74.7 cm³/mol. The number of carbonyl (C=O) groups is 1. The van der Waals surface area contributed by atoms with E-state index in [0.717, 1.165) is 16.4 Å². The highest BCUT2D eigenvalue weighted by atomic mass is 35.5. The molecule has 1 aromatic rings. The van der Waals surface area contributed by atoms with Crippen molar-refractivity contribution in [2.75, 3.05) is 20.8 Å². The summed E-state index contributed by atoms with van der Waals surface area (Å²) in [6.45, 7) is 1.67. The molecule has 6 nitrogen and oxygen atoms in total. The minimum absolute atomic E-state index is 0.101. The Morgan fingerprint density at radius 3 is 2.57 bits per heavy atom. The third kappa shape index (κ3) is 3.70. The molecule has 118 valence electrons. The second kappa shape index (κ2) is 6.69. The number of hydrogen-bond donors (Lipinski definition) is 1. The van der Waals surface area contributed by atoms with Crippen LogP contribution in [-0.2, 0) is 14.8 Å². The normalized spacial score (nSPS) is 13.4. The summed E-state index contributed by atoms with van der Waals surface area (Å²) in [5.74, 6) is -2.94. The molecule has 0 fully saturated rings. The molecule has 0 radical (unpaired) electrons. The van der Waals surface area contributed by atoms with Crippen molar-refractivity contribution >= 4 is 27.6 Å². The van der Waals surface area contributed by atoms with E-state index in [1.165, 1.54) is 14.2 Å². The van der Waals surface area contributed by atoms with Gasteiger partial charge in [-0.2, -0.15) is 4.31 Å². The molecule has 1 aromatic carbocycles. The average Bonchev–Trinajstić information content (AvgIpc) is 2.39. The summed E-state index contributed by atoms with van der Waals surface area (Å²) in [6, 6.07) is 1.18. The molecule has 0 saturated carbocycles. The Balaban J connectivity index is 3.42. The predicted octanol–water partition coefficient (Wildman–Crippen LogP) is 1.83. The fourth-order valence-corrected chi connectivity index (χ4v) is 3.39. The molecule has 1 unspecified atom stereocenters. The molecule has 0 aliphatic heterocycles. The summed E-state index contributed by atoms with van der Waals surface area (Å²) in [4.78, 5) is 10.2. The second-order valence-corrected chi connectivity index (χ2v) is 6.80. The molecule has 0 aliphatic rings. The molecule has 0 aromatic heterocycles. The van der Waals surface area contributed by atoms with Crippen molar-refractivity contribution in [3.05, 3.63) is 28.5 Å². The van der Waals surface area contributed by atoms with Crippen molar-refractivity contribution in [3.8, 4) is 0 Å². The molecular formula is C12H15ClFNO5S. The zero-order chi connectivity index (χ0) is 16.4. The van der Waals surface area contributed by atoms with E-state index >= 15 is 0 Å². The smallest absolute Gasteiger partial charge is 0.338 e. The molecular weight excluding hydrogens is 325 g/mol. The maximum atomic E-state index is 14.1. The van der Waals surface area contributed by atoms with Crippen LogP contribution in [0.4, 0.5) is 4.39 Å². The summed E-state index contributed by atoms with van der Waals surface area (Å²) >= 11 is 5.68. The number of methoxy groups -OCH3 is 1. The lowest BCUT2D eigenvalue weighted by molar-refractivity contribution is 0.0691. The largest absolute Gasteiger partial charge is 0.478 e. The second-order valence-electron chi connectivity index (χ2n) is 4.40. The Labute approximate surface area is 127 Å². The molecule has 0 heterocycles. The van der Waals surface area contributed by atoms with Crippen LogP contribution in [0.25, 0.3) is 0 Å². The number of carboxylic acid groups (broad SMARTS) is 1. The first-order chi connectivity index (χ1) is 9.62. The maximum Gasteiger partial charge on any atom is 0.338 e. The number of aromatic carboxylic acids is 1. The van der Waals surface area contributed by atoms with Gasteiger partial charge in [0.05, 0.1) is 12.2 Å². The van der Waals surface area contributed by atoms with Crippen LogP contribution in [0, 0.1) is 5.82 Å². The van der Waals surface area contributed by atoms with Crippen LogP contribution in [0.5, 0.6) is 0 Å². The third-order valence-electron chi connectivity index (χ3n) is 2.92. The van der Waals surface area contributed by atoms with Gasteiger partial charge in [-0.05, 0) is 19.1 Å². The van der Waals surface area contributed by atoms with Gasteiger partial charge < -0.3 is 9.84 Å². The minimum atomic E-state index is -4.24. The standard InChI is InChI=1S/C12H15ClFNO5S/c1-7(6-20-3)15(2)21(18,19)10-5-8(13)4-9(11(10)14)12(16)17/h4-5,7H,6H2,1-3H3,(H,16,17). The van der Waals surface area contributed by atoms with E-state index in [1.807, 2.05) is 0 Å². The van der Waals surface area contributed by atoms with Crippen molar-refractivity contribution in [2.45, 2.75) is 17.9 Å². The number of benzene rings is 1. The topological polar surface area (TPSA) is 83.9 Å². The van der Waals surface area contributed by atoms with Gasteiger partial charge in [0.1, 0.15) is 4.90 Å². The first-order valence-electron chi connectivity index (χ1n) is 5.82. The zero-order valence-corrected chi connectivity index (χ0v) is 13.2. The van der Waals surface area contributed by atoms with E-state index in [9.17, 15) is 17.6 Å². The van der Waals surface area contributed by atoms with Crippen molar-refractivity contribution in [2.24, 2.45) is 0 Å². The van der Waals surface area contributed by atoms with Crippen molar-refractivity contribution < 1.29 is 27.4 Å². The van der Waals surface area contributed by atoms with Crippen molar-refractivity contribution in [1.82, 2.24) is 4.31 Å². The number of ether oxygens (including phenoxy) is 1. The van der Waals surface area contributed by atoms with Gasteiger partial charge >= 0.3 is 5.97 Å². The Morgan fingerprint density at radius 1 is 1.52 bits per heavy atom. The fraction of sp³-hybridized carbons (Fsp3) is 0.417. The molecule has 0 saturated heterocycles. The van der Waals surface area contributed by atoms with Gasteiger partial charge in [-0.25, -0.2) is 17.6 Å². The van der Waals surface area contributed by atoms with Crippen molar-refractivity contribution in [3.63, 3.8) is 0 Å². The summed E-state index contributed by atoms with van der Waals surface area (Å²) in [6.07, 6.45) is 0. The molecule has 21 heavy (non-hydrogen) atoms. The lowest BCUT2D eigenvalue weighted by Gasteiger charge is -2.24. The fourth-order valence-electron chi connectivity index (χ4n) is 1.65. The Morgan fingerprint density at radius 2 is 2.10 bits per heavy atom. The molecule has 0 amide bonds. The van der Waals surface area contributed by atoms with E-state index in [2.05, 4.69) is 0 Å². The molecule has 0 bridgehead atoms. The molecule has 1 atom stereocenters. The van der Waals surface area contributed by atoms with E-state index in [1.54, 1.807) is 6.92 Å². The Hall–Kier alpha value is -1.22. The van der Waals surface area contributed by atoms with Gasteiger partial charge in [-0.15, -0.1) is 0 Å². The van der Waals surface area contributed by atoms with E-state index in [0.29, 0.717) is 0 Å². The van der Waals surface area contributed by atoms with Gasteiger partial charge in [-0.1, -0.05) is 11.6 Å². The van der Waals surface area contributed by atoms with E-state index < -0.39 is 38.3 Å². The highest BCUT2D eigenvalue weighted by Gasteiger charge is 2.31. The first kappa shape index (κ1) is 17.8. The van der Waals surface area contributed by atoms with E-state index in [-0.39, 0.29) is 11.6 Å². The SMILES string of the molecule is COCC(C)N(C)S(=O)(=O)c1cc(Cl)cc(C(=O)O)c1F. The number of likely N-dealkylation sites (N-methyl/N-ethyl adjacent to an activating group) is 1. The van der Waals surface area contributed by atoms with Crippen LogP contribution in [0.2, 0.25) is 5.02 Å². The molecule has 0 aliphatic carbocycles.